The monoisotopic (exact) mass is 326 g/mol. The lowest BCUT2D eigenvalue weighted by atomic mass is 10.2. The zero-order valence-electron chi connectivity index (χ0n) is 12.8. The van der Waals surface area contributed by atoms with Crippen LogP contribution in [0.3, 0.4) is 0 Å². The molecule has 1 aromatic rings. The average Bonchev–Trinajstić information content (AvgIpc) is 2.46. The number of amides is 1. The molecule has 0 radical (unpaired) electrons. The molecular formula is C15H22N2O4S. The Hall–Kier alpha value is -1.73. The van der Waals surface area contributed by atoms with Gasteiger partial charge in [0.05, 0.1) is 13.2 Å². The van der Waals surface area contributed by atoms with Gasteiger partial charge in [-0.05, 0) is 23.4 Å². The zero-order chi connectivity index (χ0) is 16.5. The Balaban J connectivity index is 2.45. The lowest BCUT2D eigenvalue weighted by molar-refractivity contribution is -0.143. The second kappa shape index (κ2) is 9.32. The summed E-state index contributed by atoms with van der Waals surface area (Å²) in [5, 5.41) is 11.5. The van der Waals surface area contributed by atoms with Gasteiger partial charge in [-0.3, -0.25) is 4.79 Å². The number of nitrogens with zero attached hydrogens (tertiary/aromatic N) is 1. The first kappa shape index (κ1) is 18.3. The van der Waals surface area contributed by atoms with Gasteiger partial charge in [0, 0.05) is 26.2 Å². The number of anilines is 1. The van der Waals surface area contributed by atoms with Gasteiger partial charge < -0.3 is 20.1 Å². The topological polar surface area (TPSA) is 78.9 Å². The fraction of sp³-hybridized carbons (Fsp3) is 0.467. The smallest absolute Gasteiger partial charge is 0.328 e. The van der Waals surface area contributed by atoms with E-state index in [1.165, 1.54) is 0 Å². The molecule has 0 aliphatic heterocycles. The normalized spacial score (nSPS) is 11.8. The third-order valence-electron chi connectivity index (χ3n) is 2.98. The maximum atomic E-state index is 11.4. The number of hydrogen-bond donors (Lipinski definition) is 3. The molecule has 1 aromatic carbocycles. The molecule has 7 heteroatoms. The predicted molar refractivity (Wildman–Crippen MR) is 88.5 cm³/mol. The van der Waals surface area contributed by atoms with Crippen LogP contribution in [0, 0.1) is 0 Å². The van der Waals surface area contributed by atoms with Gasteiger partial charge in [-0.1, -0.05) is 12.1 Å². The van der Waals surface area contributed by atoms with Gasteiger partial charge in [-0.25, -0.2) is 4.79 Å². The van der Waals surface area contributed by atoms with Crippen LogP contribution in [0.4, 0.5) is 5.69 Å². The number of aliphatic carboxylic acids is 1. The molecule has 0 aliphatic carbocycles. The van der Waals surface area contributed by atoms with E-state index in [1.807, 2.05) is 43.3 Å². The van der Waals surface area contributed by atoms with Crippen molar-refractivity contribution in [2.75, 3.05) is 31.4 Å². The number of nitrogens with one attached hydrogen (secondary N) is 1. The molecule has 6 nitrogen and oxygen atoms in total. The summed E-state index contributed by atoms with van der Waals surface area (Å²) in [7, 11) is 3.91. The Kier molecular flexibility index (Phi) is 7.76. The molecule has 1 rings (SSSR count). The minimum Gasteiger partial charge on any atom is -0.480 e. The van der Waals surface area contributed by atoms with Crippen molar-refractivity contribution < 1.29 is 19.4 Å². The van der Waals surface area contributed by atoms with Crippen LogP contribution in [0.25, 0.3) is 0 Å². The number of rotatable bonds is 9. The van der Waals surface area contributed by atoms with Crippen LogP contribution in [0.15, 0.2) is 24.3 Å². The Bertz CT molecular complexity index is 491. The highest BCUT2D eigenvalue weighted by atomic mass is 32.1. The molecule has 0 saturated heterocycles. The van der Waals surface area contributed by atoms with E-state index in [1.54, 1.807) is 0 Å². The van der Waals surface area contributed by atoms with E-state index in [0.29, 0.717) is 12.4 Å². The van der Waals surface area contributed by atoms with Crippen LogP contribution in [0.5, 0.6) is 0 Å². The average molecular weight is 326 g/mol. The van der Waals surface area contributed by atoms with Crippen molar-refractivity contribution >= 4 is 30.2 Å². The van der Waals surface area contributed by atoms with Gasteiger partial charge in [0.25, 0.3) is 0 Å². The lowest BCUT2D eigenvalue weighted by Crippen LogP contribution is -2.44. The van der Waals surface area contributed by atoms with Gasteiger partial charge in [0.2, 0.25) is 5.91 Å². The number of thiol groups is 1. The molecule has 0 bridgehead atoms. The van der Waals surface area contributed by atoms with Gasteiger partial charge >= 0.3 is 5.97 Å². The molecular weight excluding hydrogens is 304 g/mol. The summed E-state index contributed by atoms with van der Waals surface area (Å²) >= 11 is 3.93. The summed E-state index contributed by atoms with van der Waals surface area (Å²) in [4.78, 5) is 24.5. The van der Waals surface area contributed by atoms with Crippen molar-refractivity contribution in [3.63, 3.8) is 0 Å². The van der Waals surface area contributed by atoms with Crippen LogP contribution in [0.2, 0.25) is 0 Å². The highest BCUT2D eigenvalue weighted by Gasteiger charge is 2.19. The predicted octanol–water partition coefficient (Wildman–Crippen LogP) is 1.16. The van der Waals surface area contributed by atoms with Crippen molar-refractivity contribution in [2.24, 2.45) is 0 Å². The number of carbonyl (C=O) groups excluding carboxylic acids is 1. The fourth-order valence-corrected chi connectivity index (χ4v) is 1.93. The summed E-state index contributed by atoms with van der Waals surface area (Å²) in [6.45, 7) is 0.211. The molecule has 22 heavy (non-hydrogen) atoms. The van der Waals surface area contributed by atoms with Crippen LogP contribution >= 0.6 is 12.6 Å². The van der Waals surface area contributed by atoms with Crippen LogP contribution < -0.4 is 10.2 Å². The zero-order valence-corrected chi connectivity index (χ0v) is 13.7. The van der Waals surface area contributed by atoms with E-state index in [-0.39, 0.29) is 18.9 Å². The van der Waals surface area contributed by atoms with Gasteiger partial charge in [0.15, 0.2) is 6.04 Å². The number of carbonyl (C=O) groups is 2. The molecule has 0 saturated carbocycles. The molecule has 0 heterocycles. The lowest BCUT2D eigenvalue weighted by Gasteiger charge is -2.15. The first-order chi connectivity index (χ1) is 10.4. The minimum atomic E-state index is -1.12. The van der Waals surface area contributed by atoms with Crippen LogP contribution in [-0.2, 0) is 20.9 Å². The Morgan fingerprint density at radius 2 is 1.95 bits per heavy atom. The Morgan fingerprint density at radius 3 is 2.45 bits per heavy atom. The highest BCUT2D eigenvalue weighted by Crippen LogP contribution is 2.12. The van der Waals surface area contributed by atoms with Gasteiger partial charge in [-0.15, -0.1) is 0 Å². The molecule has 2 N–H and O–H groups in total. The summed E-state index contributed by atoms with van der Waals surface area (Å²) in [6.07, 6.45) is 0.179. The Morgan fingerprint density at radius 1 is 1.32 bits per heavy atom. The third-order valence-corrected chi connectivity index (χ3v) is 3.20. The third kappa shape index (κ3) is 6.36. The number of ether oxygens (including phenoxy) is 1. The number of hydrogen-bond acceptors (Lipinski definition) is 5. The quantitative estimate of drug-likeness (QED) is 0.594. The van der Waals surface area contributed by atoms with E-state index in [0.717, 1.165) is 11.3 Å². The molecule has 0 aliphatic rings. The van der Waals surface area contributed by atoms with Gasteiger partial charge in [0.1, 0.15) is 0 Å². The molecule has 0 spiro atoms. The van der Waals surface area contributed by atoms with E-state index in [9.17, 15) is 9.59 Å². The summed E-state index contributed by atoms with van der Waals surface area (Å²) in [6, 6.07) is 6.72. The SMILES string of the molecule is CN(C)c1ccc(COCC(NC(=O)CCS)C(=O)O)cc1. The van der Waals surface area contributed by atoms with E-state index < -0.39 is 12.0 Å². The first-order valence-corrected chi connectivity index (χ1v) is 7.54. The maximum Gasteiger partial charge on any atom is 0.328 e. The second-order valence-corrected chi connectivity index (χ2v) is 5.46. The Labute approximate surface area is 135 Å². The van der Waals surface area contributed by atoms with E-state index in [4.69, 9.17) is 9.84 Å². The standard InChI is InChI=1S/C15H22N2O4S/c1-17(2)12-5-3-11(4-6-12)9-21-10-13(15(19)20)16-14(18)7-8-22/h3-6,13,22H,7-10H2,1-2H3,(H,16,18)(H,19,20). The van der Waals surface area contributed by atoms with Gasteiger partial charge in [-0.2, -0.15) is 12.6 Å². The molecule has 1 unspecified atom stereocenters. The number of carboxylic acid groups (broad SMARTS) is 1. The summed E-state index contributed by atoms with van der Waals surface area (Å²) in [5.74, 6) is -1.09. The fourth-order valence-electron chi connectivity index (χ4n) is 1.73. The largest absolute Gasteiger partial charge is 0.480 e. The van der Waals surface area contributed by atoms with Crippen molar-refractivity contribution in [3.8, 4) is 0 Å². The number of carboxylic acids is 1. The van der Waals surface area contributed by atoms with E-state index >= 15 is 0 Å². The van der Waals surface area contributed by atoms with Crippen LogP contribution in [0.1, 0.15) is 12.0 Å². The van der Waals surface area contributed by atoms with Crippen molar-refractivity contribution in [2.45, 2.75) is 19.1 Å². The van der Waals surface area contributed by atoms with Crippen molar-refractivity contribution in [1.29, 1.82) is 0 Å². The van der Waals surface area contributed by atoms with Crippen molar-refractivity contribution in [1.82, 2.24) is 5.32 Å². The molecule has 1 atom stereocenters. The molecule has 0 aromatic heterocycles. The maximum absolute atomic E-state index is 11.4. The van der Waals surface area contributed by atoms with Crippen LogP contribution in [-0.4, -0.2) is 49.5 Å². The second-order valence-electron chi connectivity index (χ2n) is 5.01. The summed E-state index contributed by atoms with van der Waals surface area (Å²) in [5.41, 5.74) is 2.02. The minimum absolute atomic E-state index is 0.0803. The first-order valence-electron chi connectivity index (χ1n) is 6.91. The van der Waals surface area contributed by atoms with E-state index in [2.05, 4.69) is 17.9 Å². The molecule has 1 amide bonds. The highest BCUT2D eigenvalue weighted by molar-refractivity contribution is 7.80. The molecule has 122 valence electrons. The molecule has 0 fully saturated rings. The summed E-state index contributed by atoms with van der Waals surface area (Å²) < 4.78 is 5.39. The number of benzene rings is 1. The van der Waals surface area contributed by atoms with Crippen molar-refractivity contribution in [3.05, 3.63) is 29.8 Å².